The van der Waals surface area contributed by atoms with Crippen LogP contribution in [0.1, 0.15) is 79.0 Å². The zero-order chi connectivity index (χ0) is 24.1. The molecule has 1 aliphatic heterocycles. The Morgan fingerprint density at radius 3 is 2.41 bits per heavy atom. The molecule has 1 aromatic carbocycles. The molecule has 0 spiro atoms. The molecule has 34 heavy (non-hydrogen) atoms. The summed E-state index contributed by atoms with van der Waals surface area (Å²) in [5.41, 5.74) is 2.52. The predicted octanol–water partition coefficient (Wildman–Crippen LogP) is 6.24. The van der Waals surface area contributed by atoms with E-state index in [0.717, 1.165) is 43.5 Å². The first-order chi connectivity index (χ1) is 16.1. The SMILES string of the molecule is Cc1c(C(=O)NC2COC2)cc(-c2cc(C(F)(F)F)cc(C3(C)CC3)c2)n1CC1CCCCC1. The van der Waals surface area contributed by atoms with Crippen molar-refractivity contribution >= 4 is 5.91 Å². The van der Waals surface area contributed by atoms with E-state index in [1.807, 2.05) is 19.9 Å². The Morgan fingerprint density at radius 1 is 1.12 bits per heavy atom. The number of ether oxygens (including phenoxy) is 1. The molecule has 5 rings (SSSR count). The highest BCUT2D eigenvalue weighted by atomic mass is 19.4. The quantitative estimate of drug-likeness (QED) is 0.538. The van der Waals surface area contributed by atoms with E-state index >= 15 is 0 Å². The van der Waals surface area contributed by atoms with Gasteiger partial charge in [0.05, 0.1) is 30.4 Å². The molecule has 7 heteroatoms. The monoisotopic (exact) mass is 474 g/mol. The van der Waals surface area contributed by atoms with Gasteiger partial charge in [0.2, 0.25) is 0 Å². The number of amides is 1. The summed E-state index contributed by atoms with van der Waals surface area (Å²) in [6.07, 6.45) is 3.20. The topological polar surface area (TPSA) is 43.3 Å². The van der Waals surface area contributed by atoms with Gasteiger partial charge in [-0.15, -0.1) is 0 Å². The summed E-state index contributed by atoms with van der Waals surface area (Å²) in [7, 11) is 0. The second kappa shape index (κ2) is 8.74. The summed E-state index contributed by atoms with van der Waals surface area (Å²) in [6, 6.07) is 6.26. The molecule has 2 saturated carbocycles. The van der Waals surface area contributed by atoms with E-state index in [2.05, 4.69) is 9.88 Å². The van der Waals surface area contributed by atoms with E-state index in [0.29, 0.717) is 36.0 Å². The normalized spacial score (nSPS) is 20.7. The van der Waals surface area contributed by atoms with Gasteiger partial charge in [-0.3, -0.25) is 4.79 Å². The van der Waals surface area contributed by atoms with Crippen LogP contribution in [-0.4, -0.2) is 29.7 Å². The number of hydrogen-bond donors (Lipinski definition) is 1. The minimum Gasteiger partial charge on any atom is -0.377 e. The van der Waals surface area contributed by atoms with Gasteiger partial charge in [-0.05, 0) is 79.3 Å². The van der Waals surface area contributed by atoms with Crippen LogP contribution in [0.2, 0.25) is 0 Å². The Labute approximate surface area is 198 Å². The van der Waals surface area contributed by atoms with Crippen molar-refractivity contribution in [3.05, 3.63) is 46.6 Å². The lowest BCUT2D eigenvalue weighted by molar-refractivity contribution is -0.137. The van der Waals surface area contributed by atoms with Gasteiger partial charge in [0, 0.05) is 17.9 Å². The van der Waals surface area contributed by atoms with E-state index in [9.17, 15) is 18.0 Å². The zero-order valence-electron chi connectivity index (χ0n) is 19.9. The van der Waals surface area contributed by atoms with E-state index in [4.69, 9.17) is 4.74 Å². The molecule has 4 nitrogen and oxygen atoms in total. The highest BCUT2D eigenvalue weighted by Crippen LogP contribution is 2.49. The summed E-state index contributed by atoms with van der Waals surface area (Å²) in [4.78, 5) is 13.1. The summed E-state index contributed by atoms with van der Waals surface area (Å²) >= 11 is 0. The lowest BCUT2D eigenvalue weighted by Crippen LogP contribution is -2.48. The van der Waals surface area contributed by atoms with Crippen molar-refractivity contribution in [2.75, 3.05) is 13.2 Å². The second-order valence-corrected chi connectivity index (χ2v) is 10.7. The lowest BCUT2D eigenvalue weighted by Gasteiger charge is -2.27. The van der Waals surface area contributed by atoms with Gasteiger partial charge >= 0.3 is 6.18 Å². The molecule has 0 radical (unpaired) electrons. The molecule has 0 unspecified atom stereocenters. The maximum atomic E-state index is 13.9. The first-order valence-corrected chi connectivity index (χ1v) is 12.5. The fourth-order valence-corrected chi connectivity index (χ4v) is 5.32. The highest BCUT2D eigenvalue weighted by Gasteiger charge is 2.41. The number of rotatable bonds is 6. The number of nitrogens with zero attached hydrogens (tertiary/aromatic N) is 1. The number of alkyl halides is 3. The third-order valence-electron chi connectivity index (χ3n) is 8.00. The molecule has 2 aliphatic carbocycles. The van der Waals surface area contributed by atoms with E-state index in [1.165, 1.54) is 31.4 Å². The Hall–Kier alpha value is -2.28. The summed E-state index contributed by atoms with van der Waals surface area (Å²) in [5.74, 6) is 0.288. The second-order valence-electron chi connectivity index (χ2n) is 10.7. The van der Waals surface area contributed by atoms with E-state index < -0.39 is 11.7 Å². The molecular formula is C27H33F3N2O2. The van der Waals surface area contributed by atoms with Gasteiger partial charge in [-0.25, -0.2) is 0 Å². The van der Waals surface area contributed by atoms with Gasteiger partial charge in [0.1, 0.15) is 0 Å². The molecule has 1 amide bonds. The number of aromatic nitrogens is 1. The third kappa shape index (κ3) is 4.64. The molecular weight excluding hydrogens is 441 g/mol. The molecule has 1 saturated heterocycles. The fraction of sp³-hybridized carbons (Fsp3) is 0.593. The van der Waals surface area contributed by atoms with Crippen LogP contribution in [0.4, 0.5) is 13.2 Å². The molecule has 1 N–H and O–H groups in total. The van der Waals surface area contributed by atoms with E-state index in [-0.39, 0.29) is 17.4 Å². The van der Waals surface area contributed by atoms with Gasteiger partial charge in [-0.2, -0.15) is 13.2 Å². The van der Waals surface area contributed by atoms with Crippen molar-refractivity contribution in [2.45, 2.75) is 83.0 Å². The molecule has 0 atom stereocenters. The minimum absolute atomic E-state index is 0.00739. The van der Waals surface area contributed by atoms with Crippen LogP contribution in [0, 0.1) is 12.8 Å². The first kappa shape index (κ1) is 23.5. The maximum Gasteiger partial charge on any atom is 0.416 e. The highest BCUT2D eigenvalue weighted by molar-refractivity contribution is 5.97. The molecule has 3 aliphatic rings. The van der Waals surface area contributed by atoms with Crippen LogP contribution in [0.5, 0.6) is 0 Å². The summed E-state index contributed by atoms with van der Waals surface area (Å²) in [6.45, 7) is 5.66. The Morgan fingerprint density at radius 2 is 1.82 bits per heavy atom. The predicted molar refractivity (Wildman–Crippen MR) is 125 cm³/mol. The van der Waals surface area contributed by atoms with E-state index in [1.54, 1.807) is 6.07 Å². The van der Waals surface area contributed by atoms with Crippen molar-refractivity contribution in [1.82, 2.24) is 9.88 Å². The number of carbonyl (C=O) groups excluding carboxylic acids is 1. The van der Waals surface area contributed by atoms with Gasteiger partial charge in [0.15, 0.2) is 0 Å². The fourth-order valence-electron chi connectivity index (χ4n) is 5.32. The minimum atomic E-state index is -4.42. The summed E-state index contributed by atoms with van der Waals surface area (Å²) < 4.78 is 48.9. The van der Waals surface area contributed by atoms with Crippen molar-refractivity contribution in [3.63, 3.8) is 0 Å². The number of hydrogen-bond acceptors (Lipinski definition) is 2. The molecule has 184 valence electrons. The van der Waals surface area contributed by atoms with Gasteiger partial charge in [0.25, 0.3) is 5.91 Å². The number of nitrogens with one attached hydrogen (secondary N) is 1. The van der Waals surface area contributed by atoms with Crippen molar-refractivity contribution in [1.29, 1.82) is 0 Å². The van der Waals surface area contributed by atoms with Crippen LogP contribution >= 0.6 is 0 Å². The third-order valence-corrected chi connectivity index (χ3v) is 8.00. The number of halogens is 3. The molecule has 1 aromatic heterocycles. The van der Waals surface area contributed by atoms with Crippen LogP contribution in [0.3, 0.4) is 0 Å². The standard InChI is InChI=1S/C27H33F3N2O2/c1-17-23(25(33)31-22-15-34-16-22)13-24(32(17)14-18-6-4-3-5-7-18)19-10-20(26(2)8-9-26)12-21(11-19)27(28,29)30/h10-13,18,22H,3-9,14-16H2,1-2H3,(H,31,33). The summed E-state index contributed by atoms with van der Waals surface area (Å²) in [5, 5.41) is 2.99. The Kier molecular flexibility index (Phi) is 6.03. The zero-order valence-corrected chi connectivity index (χ0v) is 19.9. The Bertz CT molecular complexity index is 1050. The molecule has 2 heterocycles. The van der Waals surface area contributed by atoms with Crippen molar-refractivity contribution < 1.29 is 22.7 Å². The average molecular weight is 475 g/mol. The van der Waals surface area contributed by atoms with Crippen LogP contribution in [-0.2, 0) is 22.9 Å². The largest absolute Gasteiger partial charge is 0.416 e. The molecule has 0 bridgehead atoms. The number of carbonyl (C=O) groups is 1. The molecule has 2 aromatic rings. The average Bonchev–Trinajstić information content (AvgIpc) is 3.45. The van der Waals surface area contributed by atoms with Crippen LogP contribution in [0.25, 0.3) is 11.3 Å². The number of benzene rings is 1. The van der Waals surface area contributed by atoms with Crippen LogP contribution in [0.15, 0.2) is 24.3 Å². The van der Waals surface area contributed by atoms with Crippen LogP contribution < -0.4 is 5.32 Å². The van der Waals surface area contributed by atoms with Crippen molar-refractivity contribution in [2.24, 2.45) is 5.92 Å². The smallest absolute Gasteiger partial charge is 0.377 e. The first-order valence-electron chi connectivity index (χ1n) is 12.5. The van der Waals surface area contributed by atoms with Gasteiger partial charge in [-0.1, -0.05) is 26.2 Å². The Balaban J connectivity index is 1.58. The van der Waals surface area contributed by atoms with Gasteiger partial charge < -0.3 is 14.6 Å². The lowest BCUT2D eigenvalue weighted by atomic mass is 9.89. The van der Waals surface area contributed by atoms with Crippen molar-refractivity contribution in [3.8, 4) is 11.3 Å². The molecule has 3 fully saturated rings. The maximum absolute atomic E-state index is 13.9.